The number of aromatic nitrogens is 2. The Morgan fingerprint density at radius 3 is 2.76 bits per heavy atom. The number of nitrogens with one attached hydrogen (secondary N) is 1. The minimum absolute atomic E-state index is 0.114. The van der Waals surface area contributed by atoms with Gasteiger partial charge in [-0.1, -0.05) is 6.92 Å². The van der Waals surface area contributed by atoms with Gasteiger partial charge < -0.3 is 4.57 Å². The predicted octanol–water partition coefficient (Wildman–Crippen LogP) is 0.993. The van der Waals surface area contributed by atoms with E-state index >= 15 is 0 Å². The highest BCUT2D eigenvalue weighted by Crippen LogP contribution is 2.47. The van der Waals surface area contributed by atoms with Gasteiger partial charge in [-0.3, -0.25) is 0 Å². The molecule has 0 bridgehead atoms. The Balaban J connectivity index is 1.79. The van der Waals surface area contributed by atoms with Gasteiger partial charge in [0.2, 0.25) is 10.0 Å². The average Bonchev–Trinajstić information content (AvgIpc) is 2.91. The minimum atomic E-state index is -3.16. The van der Waals surface area contributed by atoms with Crippen LogP contribution in [0.1, 0.15) is 26.2 Å². The molecule has 0 amide bonds. The van der Waals surface area contributed by atoms with Crippen LogP contribution in [0.3, 0.4) is 0 Å². The summed E-state index contributed by atoms with van der Waals surface area (Å²) in [6.45, 7) is 3.16. The van der Waals surface area contributed by atoms with E-state index in [2.05, 4.69) is 16.6 Å². The maximum Gasteiger partial charge on any atom is 0.213 e. The van der Waals surface area contributed by atoms with E-state index in [4.69, 9.17) is 0 Å². The van der Waals surface area contributed by atoms with E-state index in [-0.39, 0.29) is 11.2 Å². The van der Waals surface area contributed by atoms with Gasteiger partial charge in [-0.15, -0.1) is 0 Å². The molecule has 1 aliphatic rings. The molecule has 0 atom stereocenters. The lowest BCUT2D eigenvalue weighted by atomic mass is 10.1. The zero-order valence-corrected chi connectivity index (χ0v) is 10.9. The molecule has 6 heteroatoms. The van der Waals surface area contributed by atoms with Gasteiger partial charge in [0.1, 0.15) is 0 Å². The van der Waals surface area contributed by atoms with Crippen molar-refractivity contribution in [3.05, 3.63) is 18.7 Å². The normalized spacial score (nSPS) is 18.2. The predicted molar refractivity (Wildman–Crippen MR) is 66.0 cm³/mol. The third-order valence-corrected chi connectivity index (χ3v) is 4.86. The van der Waals surface area contributed by atoms with Crippen LogP contribution in [0.25, 0.3) is 0 Å². The molecular weight excluding hydrogens is 238 g/mol. The van der Waals surface area contributed by atoms with Crippen LogP contribution >= 0.6 is 0 Å². The summed E-state index contributed by atoms with van der Waals surface area (Å²) in [5.41, 5.74) is 0.252. The second-order valence-corrected chi connectivity index (χ2v) is 6.72. The van der Waals surface area contributed by atoms with Crippen molar-refractivity contribution >= 4 is 10.0 Å². The van der Waals surface area contributed by atoms with E-state index in [1.54, 1.807) is 23.3 Å². The Labute approximate surface area is 102 Å². The number of imidazole rings is 1. The lowest BCUT2D eigenvalue weighted by molar-refractivity contribution is 0.475. The molecule has 1 fully saturated rings. The first kappa shape index (κ1) is 12.6. The van der Waals surface area contributed by atoms with Crippen LogP contribution in [0.5, 0.6) is 0 Å². The molecule has 1 saturated carbocycles. The number of rotatable bonds is 7. The molecule has 5 nitrogen and oxygen atoms in total. The largest absolute Gasteiger partial charge is 0.336 e. The van der Waals surface area contributed by atoms with Crippen LogP contribution in [-0.4, -0.2) is 30.3 Å². The molecule has 2 rings (SSSR count). The van der Waals surface area contributed by atoms with Crippen molar-refractivity contribution < 1.29 is 8.42 Å². The van der Waals surface area contributed by atoms with Crippen molar-refractivity contribution in [1.82, 2.24) is 14.3 Å². The van der Waals surface area contributed by atoms with E-state index in [0.717, 1.165) is 19.3 Å². The van der Waals surface area contributed by atoms with Crippen molar-refractivity contribution in [2.45, 2.75) is 32.7 Å². The summed E-state index contributed by atoms with van der Waals surface area (Å²) in [7, 11) is -3.16. The fourth-order valence-electron chi connectivity index (χ4n) is 1.81. The molecule has 1 aromatic rings. The number of nitrogens with zero attached hydrogens (tertiary/aromatic N) is 2. The molecule has 0 aromatic carbocycles. The Hall–Kier alpha value is -0.880. The lowest BCUT2D eigenvalue weighted by Gasteiger charge is -2.13. The van der Waals surface area contributed by atoms with Crippen LogP contribution in [0.4, 0.5) is 0 Å². The third kappa shape index (κ3) is 3.54. The molecule has 0 saturated heterocycles. The van der Waals surface area contributed by atoms with Gasteiger partial charge in [0, 0.05) is 25.5 Å². The second-order valence-electron chi connectivity index (χ2n) is 4.79. The number of hydrogen-bond acceptors (Lipinski definition) is 3. The zero-order chi connectivity index (χ0) is 12.4. The molecule has 1 aliphatic carbocycles. The van der Waals surface area contributed by atoms with Crippen LogP contribution in [0.15, 0.2) is 18.7 Å². The van der Waals surface area contributed by atoms with Crippen molar-refractivity contribution in [1.29, 1.82) is 0 Å². The monoisotopic (exact) mass is 257 g/mol. The highest BCUT2D eigenvalue weighted by Gasteiger charge is 2.41. The van der Waals surface area contributed by atoms with Gasteiger partial charge in [0.25, 0.3) is 0 Å². The van der Waals surface area contributed by atoms with Gasteiger partial charge in [0.15, 0.2) is 0 Å². The summed E-state index contributed by atoms with van der Waals surface area (Å²) in [4.78, 5) is 3.88. The highest BCUT2D eigenvalue weighted by atomic mass is 32.2. The fraction of sp³-hybridized carbons (Fsp3) is 0.727. The minimum Gasteiger partial charge on any atom is -0.336 e. The first-order valence-electron chi connectivity index (χ1n) is 5.98. The lowest BCUT2D eigenvalue weighted by Crippen LogP contribution is -2.33. The maximum atomic E-state index is 11.8. The highest BCUT2D eigenvalue weighted by molar-refractivity contribution is 7.89. The molecule has 1 N–H and O–H groups in total. The fourth-order valence-corrected chi connectivity index (χ4v) is 2.93. The molecule has 0 unspecified atom stereocenters. The molecule has 96 valence electrons. The van der Waals surface area contributed by atoms with Crippen LogP contribution < -0.4 is 4.72 Å². The number of hydrogen-bond donors (Lipinski definition) is 1. The van der Waals surface area contributed by atoms with E-state index in [1.165, 1.54) is 0 Å². The summed E-state index contributed by atoms with van der Waals surface area (Å²) in [6.07, 6.45) is 8.39. The maximum absolute atomic E-state index is 11.8. The smallest absolute Gasteiger partial charge is 0.213 e. The molecule has 0 aliphatic heterocycles. The topological polar surface area (TPSA) is 64.0 Å². The summed E-state index contributed by atoms with van der Waals surface area (Å²) in [6, 6.07) is 0. The van der Waals surface area contributed by atoms with Gasteiger partial charge in [-0.05, 0) is 24.7 Å². The summed E-state index contributed by atoms with van der Waals surface area (Å²) >= 11 is 0. The Morgan fingerprint density at radius 2 is 2.24 bits per heavy atom. The summed E-state index contributed by atoms with van der Waals surface area (Å²) in [5, 5.41) is 0. The van der Waals surface area contributed by atoms with E-state index in [1.807, 2.05) is 0 Å². The summed E-state index contributed by atoms with van der Waals surface area (Å²) < 4.78 is 28.0. The van der Waals surface area contributed by atoms with Crippen LogP contribution in [0.2, 0.25) is 0 Å². The Bertz CT molecular complexity index is 449. The van der Waals surface area contributed by atoms with E-state index < -0.39 is 10.0 Å². The zero-order valence-electron chi connectivity index (χ0n) is 10.1. The van der Waals surface area contributed by atoms with Gasteiger partial charge in [0.05, 0.1) is 12.1 Å². The average molecular weight is 257 g/mol. The van der Waals surface area contributed by atoms with Gasteiger partial charge >= 0.3 is 0 Å². The van der Waals surface area contributed by atoms with Crippen molar-refractivity contribution in [3.8, 4) is 0 Å². The van der Waals surface area contributed by atoms with Gasteiger partial charge in [-0.2, -0.15) is 0 Å². The van der Waals surface area contributed by atoms with Crippen LogP contribution in [0, 0.1) is 5.41 Å². The summed E-state index contributed by atoms with van der Waals surface area (Å²) in [5.74, 6) is 0.114. The van der Waals surface area contributed by atoms with Crippen molar-refractivity contribution in [2.24, 2.45) is 5.41 Å². The van der Waals surface area contributed by atoms with Crippen molar-refractivity contribution in [3.63, 3.8) is 0 Å². The number of aryl methyl sites for hydroxylation is 1. The first-order chi connectivity index (χ1) is 8.05. The Kier molecular flexibility index (Phi) is 3.53. The van der Waals surface area contributed by atoms with Crippen molar-refractivity contribution in [2.75, 3.05) is 12.3 Å². The van der Waals surface area contributed by atoms with Gasteiger partial charge in [-0.25, -0.2) is 18.1 Å². The van der Waals surface area contributed by atoms with E-state index in [0.29, 0.717) is 13.1 Å². The molecule has 17 heavy (non-hydrogen) atoms. The second kappa shape index (κ2) is 4.78. The SMILES string of the molecule is CCC1(CNS(=O)(=O)CCn2ccnc2)CC1. The van der Waals surface area contributed by atoms with Crippen LogP contribution in [-0.2, 0) is 16.6 Å². The quantitative estimate of drug-likeness (QED) is 0.792. The molecule has 1 aromatic heterocycles. The molecule has 0 spiro atoms. The molecular formula is C11H19N3O2S. The number of sulfonamides is 1. The molecule has 0 radical (unpaired) electrons. The Morgan fingerprint density at radius 1 is 1.47 bits per heavy atom. The third-order valence-electron chi connectivity index (χ3n) is 3.55. The van der Waals surface area contributed by atoms with E-state index in [9.17, 15) is 8.42 Å². The standard InChI is InChI=1S/C11H19N3O2S/c1-2-11(3-4-11)9-13-17(15,16)8-7-14-6-5-12-10-14/h5-6,10,13H,2-4,7-9H2,1H3. The molecule has 1 heterocycles. The first-order valence-corrected chi connectivity index (χ1v) is 7.64.